The predicted molar refractivity (Wildman–Crippen MR) is 67.0 cm³/mol. The summed E-state index contributed by atoms with van der Waals surface area (Å²) in [6.45, 7) is 2.10. The Morgan fingerprint density at radius 3 is 2.59 bits per heavy atom. The lowest BCUT2D eigenvalue weighted by atomic mass is 10.1. The molecular weight excluding hydrogens is 214 g/mol. The maximum atomic E-state index is 11.9. The molecule has 0 saturated heterocycles. The van der Waals surface area contributed by atoms with Crippen LogP contribution in [0, 0.1) is 5.92 Å². The first kappa shape index (κ1) is 12.0. The van der Waals surface area contributed by atoms with Gasteiger partial charge >= 0.3 is 0 Å². The van der Waals surface area contributed by atoms with E-state index in [4.69, 9.17) is 5.11 Å². The number of hydrogen-bond donors (Lipinski definition) is 2. The minimum absolute atomic E-state index is 0.0440. The summed E-state index contributed by atoms with van der Waals surface area (Å²) in [7, 11) is 0. The van der Waals surface area contributed by atoms with Crippen molar-refractivity contribution in [2.45, 2.75) is 38.6 Å². The topological polar surface area (TPSA) is 49.3 Å². The second-order valence-electron chi connectivity index (χ2n) is 4.80. The highest BCUT2D eigenvalue weighted by molar-refractivity contribution is 5.94. The normalized spacial score (nSPS) is 16.5. The Balaban J connectivity index is 1.92. The third-order valence-corrected chi connectivity index (χ3v) is 3.27. The number of rotatable bonds is 5. The van der Waals surface area contributed by atoms with Crippen LogP contribution in [0.3, 0.4) is 0 Å². The molecule has 2 N–H and O–H groups in total. The van der Waals surface area contributed by atoms with Gasteiger partial charge in [0.25, 0.3) is 5.91 Å². The fraction of sp³-hybridized carbons (Fsp3) is 0.500. The van der Waals surface area contributed by atoms with E-state index in [0.29, 0.717) is 5.56 Å². The molecule has 1 atom stereocenters. The number of carbonyl (C=O) groups is 1. The van der Waals surface area contributed by atoms with E-state index in [1.165, 1.54) is 25.0 Å². The summed E-state index contributed by atoms with van der Waals surface area (Å²) in [6.07, 6.45) is 4.69. The number of amides is 1. The van der Waals surface area contributed by atoms with Crippen LogP contribution in [-0.2, 0) is 0 Å². The Kier molecular flexibility index (Phi) is 3.67. The molecule has 1 aliphatic rings. The number of benzene rings is 1. The number of phenolic OH excluding ortho intramolecular Hbond substituents is 1. The van der Waals surface area contributed by atoms with Crippen molar-refractivity contribution in [2.24, 2.45) is 5.92 Å². The van der Waals surface area contributed by atoms with E-state index in [-0.39, 0.29) is 17.7 Å². The maximum absolute atomic E-state index is 11.9. The smallest absolute Gasteiger partial charge is 0.251 e. The summed E-state index contributed by atoms with van der Waals surface area (Å²) in [4.78, 5) is 11.9. The minimum atomic E-state index is -0.0440. The highest BCUT2D eigenvalue weighted by Crippen LogP contribution is 2.34. The van der Waals surface area contributed by atoms with Crippen molar-refractivity contribution in [1.29, 1.82) is 0 Å². The Morgan fingerprint density at radius 2 is 2.06 bits per heavy atom. The number of carbonyl (C=O) groups excluding carboxylic acids is 1. The van der Waals surface area contributed by atoms with Crippen molar-refractivity contribution < 1.29 is 9.90 Å². The van der Waals surface area contributed by atoms with Crippen LogP contribution >= 0.6 is 0 Å². The Bertz CT molecular complexity index is 382. The highest BCUT2D eigenvalue weighted by atomic mass is 16.3. The molecule has 92 valence electrons. The number of phenols is 1. The van der Waals surface area contributed by atoms with Gasteiger partial charge in [0, 0.05) is 11.6 Å². The van der Waals surface area contributed by atoms with Crippen LogP contribution in [0.15, 0.2) is 24.3 Å². The van der Waals surface area contributed by atoms with Crippen LogP contribution in [0.1, 0.15) is 43.0 Å². The monoisotopic (exact) mass is 233 g/mol. The first-order valence-corrected chi connectivity index (χ1v) is 6.29. The average molecular weight is 233 g/mol. The molecule has 1 aromatic rings. The summed E-state index contributed by atoms with van der Waals surface area (Å²) in [5, 5.41) is 12.2. The Morgan fingerprint density at radius 1 is 1.41 bits per heavy atom. The predicted octanol–water partition coefficient (Wildman–Crippen LogP) is 2.70. The van der Waals surface area contributed by atoms with Crippen molar-refractivity contribution in [3.05, 3.63) is 29.8 Å². The second-order valence-corrected chi connectivity index (χ2v) is 4.80. The van der Waals surface area contributed by atoms with E-state index in [0.717, 1.165) is 18.8 Å². The van der Waals surface area contributed by atoms with Crippen molar-refractivity contribution in [2.75, 3.05) is 0 Å². The first-order valence-electron chi connectivity index (χ1n) is 6.29. The van der Waals surface area contributed by atoms with Crippen molar-refractivity contribution in [3.8, 4) is 5.75 Å². The summed E-state index contributed by atoms with van der Waals surface area (Å²) >= 11 is 0. The van der Waals surface area contributed by atoms with E-state index in [1.807, 2.05) is 0 Å². The molecule has 0 aliphatic heterocycles. The molecule has 1 amide bonds. The third-order valence-electron chi connectivity index (χ3n) is 3.27. The van der Waals surface area contributed by atoms with Gasteiger partial charge in [-0.3, -0.25) is 4.79 Å². The summed E-state index contributed by atoms with van der Waals surface area (Å²) < 4.78 is 0. The Labute approximate surface area is 102 Å². The van der Waals surface area contributed by atoms with Gasteiger partial charge in [-0.1, -0.05) is 19.8 Å². The summed E-state index contributed by atoms with van der Waals surface area (Å²) in [5.41, 5.74) is 0.608. The summed E-state index contributed by atoms with van der Waals surface area (Å²) in [6, 6.07) is 6.65. The van der Waals surface area contributed by atoms with Crippen LogP contribution in [0.2, 0.25) is 0 Å². The van der Waals surface area contributed by atoms with Crippen molar-refractivity contribution in [3.63, 3.8) is 0 Å². The molecule has 0 bridgehead atoms. The highest BCUT2D eigenvalue weighted by Gasteiger charge is 2.25. The molecule has 0 radical (unpaired) electrons. The fourth-order valence-corrected chi connectivity index (χ4v) is 1.97. The van der Waals surface area contributed by atoms with E-state index in [1.54, 1.807) is 12.1 Å². The molecule has 1 saturated carbocycles. The molecule has 1 fully saturated rings. The SMILES string of the molecule is CCC(CC1CC1)NC(=O)c1ccc(O)cc1. The van der Waals surface area contributed by atoms with Gasteiger partial charge in [0.05, 0.1) is 0 Å². The third kappa shape index (κ3) is 3.48. The van der Waals surface area contributed by atoms with Crippen LogP contribution in [0.5, 0.6) is 5.75 Å². The van der Waals surface area contributed by atoms with Gasteiger partial charge in [-0.05, 0) is 43.0 Å². The van der Waals surface area contributed by atoms with E-state index >= 15 is 0 Å². The van der Waals surface area contributed by atoms with Crippen LogP contribution in [0.25, 0.3) is 0 Å². The molecule has 1 unspecified atom stereocenters. The zero-order chi connectivity index (χ0) is 12.3. The zero-order valence-corrected chi connectivity index (χ0v) is 10.1. The van der Waals surface area contributed by atoms with Gasteiger partial charge in [-0.15, -0.1) is 0 Å². The van der Waals surface area contributed by atoms with Gasteiger partial charge in [0.1, 0.15) is 5.75 Å². The van der Waals surface area contributed by atoms with Crippen LogP contribution in [-0.4, -0.2) is 17.1 Å². The Hall–Kier alpha value is -1.51. The average Bonchev–Trinajstić information content (AvgIpc) is 3.13. The number of hydrogen-bond acceptors (Lipinski definition) is 2. The van der Waals surface area contributed by atoms with Gasteiger partial charge in [0.2, 0.25) is 0 Å². The van der Waals surface area contributed by atoms with Gasteiger partial charge in [-0.2, -0.15) is 0 Å². The fourth-order valence-electron chi connectivity index (χ4n) is 1.97. The van der Waals surface area contributed by atoms with Crippen molar-refractivity contribution in [1.82, 2.24) is 5.32 Å². The van der Waals surface area contributed by atoms with Crippen LogP contribution in [0.4, 0.5) is 0 Å². The largest absolute Gasteiger partial charge is 0.508 e. The van der Waals surface area contributed by atoms with Gasteiger partial charge < -0.3 is 10.4 Å². The molecule has 0 spiro atoms. The quantitative estimate of drug-likeness (QED) is 0.821. The maximum Gasteiger partial charge on any atom is 0.251 e. The zero-order valence-electron chi connectivity index (χ0n) is 10.1. The van der Waals surface area contributed by atoms with E-state index in [9.17, 15) is 4.79 Å². The van der Waals surface area contributed by atoms with Crippen LogP contribution < -0.4 is 5.32 Å². The molecule has 3 heteroatoms. The molecule has 2 rings (SSSR count). The number of aromatic hydroxyl groups is 1. The minimum Gasteiger partial charge on any atom is -0.508 e. The van der Waals surface area contributed by atoms with E-state index < -0.39 is 0 Å². The molecule has 1 aliphatic carbocycles. The molecule has 0 aromatic heterocycles. The lowest BCUT2D eigenvalue weighted by Gasteiger charge is -2.16. The molecule has 0 heterocycles. The summed E-state index contributed by atoms with van der Waals surface area (Å²) in [5.74, 6) is 0.962. The molecular formula is C14H19NO2. The molecule has 17 heavy (non-hydrogen) atoms. The van der Waals surface area contributed by atoms with Crippen molar-refractivity contribution >= 4 is 5.91 Å². The molecule has 3 nitrogen and oxygen atoms in total. The lowest BCUT2D eigenvalue weighted by molar-refractivity contribution is 0.0932. The first-order chi connectivity index (χ1) is 8.19. The lowest BCUT2D eigenvalue weighted by Crippen LogP contribution is -2.34. The molecule has 1 aromatic carbocycles. The second kappa shape index (κ2) is 5.21. The van der Waals surface area contributed by atoms with Gasteiger partial charge in [-0.25, -0.2) is 0 Å². The standard InChI is InChI=1S/C14H19NO2/c1-2-12(9-10-3-4-10)15-14(17)11-5-7-13(16)8-6-11/h5-8,10,12,16H,2-4,9H2,1H3,(H,15,17). The van der Waals surface area contributed by atoms with Gasteiger partial charge in [0.15, 0.2) is 0 Å². The number of nitrogens with one attached hydrogen (secondary N) is 1. The van der Waals surface area contributed by atoms with E-state index in [2.05, 4.69) is 12.2 Å².